The van der Waals surface area contributed by atoms with E-state index in [4.69, 9.17) is 19.4 Å². The molecule has 0 aliphatic heterocycles. The largest absolute Gasteiger partial charge is 0.455 e. The lowest BCUT2D eigenvalue weighted by Crippen LogP contribution is -1.98. The van der Waals surface area contributed by atoms with Crippen LogP contribution in [0.25, 0.3) is 97.5 Å². The predicted octanol–water partition coefficient (Wildman–Crippen LogP) is 10.9. The molecule has 0 unspecified atom stereocenters. The van der Waals surface area contributed by atoms with Crippen molar-refractivity contribution in [3.63, 3.8) is 0 Å². The molecule has 44 heavy (non-hydrogen) atoms. The van der Waals surface area contributed by atoms with Crippen LogP contribution in [0.3, 0.4) is 0 Å². The zero-order chi connectivity index (χ0) is 28.8. The molecule has 0 saturated carbocycles. The first-order valence-corrected chi connectivity index (χ1v) is 15.4. The number of para-hydroxylation sites is 1. The van der Waals surface area contributed by atoms with E-state index in [1.165, 1.54) is 4.70 Å². The van der Waals surface area contributed by atoms with Crippen molar-refractivity contribution in [2.45, 2.75) is 0 Å². The average Bonchev–Trinajstić information content (AvgIpc) is 3.67. The van der Waals surface area contributed by atoms with Gasteiger partial charge in [-0.05, 0) is 22.9 Å². The highest BCUT2D eigenvalue weighted by atomic mass is 32.1. The Bertz CT molecular complexity index is 2780. The maximum Gasteiger partial charge on any atom is 0.180 e. The number of pyridine rings is 1. The van der Waals surface area contributed by atoms with Crippen LogP contribution in [0.2, 0.25) is 0 Å². The smallest absolute Gasteiger partial charge is 0.180 e. The Morgan fingerprint density at radius 3 is 1.91 bits per heavy atom. The van der Waals surface area contributed by atoms with Crippen LogP contribution in [0.5, 0.6) is 0 Å². The van der Waals surface area contributed by atoms with Gasteiger partial charge in [-0.15, -0.1) is 11.3 Å². The minimum Gasteiger partial charge on any atom is -0.455 e. The molecule has 0 N–H and O–H groups in total. The van der Waals surface area contributed by atoms with Crippen molar-refractivity contribution in [2.75, 3.05) is 0 Å². The average molecular weight is 580 g/mol. The third-order valence-electron chi connectivity index (χ3n) is 8.66. The first-order chi connectivity index (χ1) is 21.8. The lowest BCUT2D eigenvalue weighted by Gasteiger charge is -2.13. The summed E-state index contributed by atoms with van der Waals surface area (Å²) in [5.41, 5.74) is 6.32. The number of benzene rings is 6. The summed E-state index contributed by atoms with van der Waals surface area (Å²) in [5.74, 6) is 0.618. The Morgan fingerprint density at radius 1 is 0.455 bits per heavy atom. The summed E-state index contributed by atoms with van der Waals surface area (Å²) in [6.07, 6.45) is 0. The van der Waals surface area contributed by atoms with Crippen molar-refractivity contribution < 1.29 is 4.42 Å². The second-order valence-corrected chi connectivity index (χ2v) is 12.2. The number of hydrogen-bond acceptors (Lipinski definition) is 5. The standard InChI is InChI=1S/C39H21N3OS/c1-2-12-22(13-3-1)33-38-34(28-19-9-11-21-30(28)44-38)42-39(41-33)35-25-16-6-4-14-23(25)31-24-15-5-7-17-26(24)37-32(36(31)40-35)27-18-8-10-20-29(27)43-37/h1-21H. The normalized spacial score (nSPS) is 12.1. The fraction of sp³-hybridized carbons (Fsp3) is 0. The first-order valence-electron chi connectivity index (χ1n) is 14.6. The van der Waals surface area contributed by atoms with Crippen molar-refractivity contribution >= 4 is 86.0 Å². The van der Waals surface area contributed by atoms with Gasteiger partial charge in [0.2, 0.25) is 0 Å². The van der Waals surface area contributed by atoms with Crippen LogP contribution < -0.4 is 0 Å². The van der Waals surface area contributed by atoms with E-state index in [1.54, 1.807) is 11.3 Å². The van der Waals surface area contributed by atoms with Crippen LogP contribution in [-0.2, 0) is 0 Å². The van der Waals surface area contributed by atoms with Crippen molar-refractivity contribution in [1.29, 1.82) is 0 Å². The van der Waals surface area contributed by atoms with Gasteiger partial charge >= 0.3 is 0 Å². The monoisotopic (exact) mass is 579 g/mol. The van der Waals surface area contributed by atoms with Gasteiger partial charge in [-0.1, -0.05) is 115 Å². The van der Waals surface area contributed by atoms with Crippen molar-refractivity contribution in [3.8, 4) is 22.8 Å². The number of hydrogen-bond donors (Lipinski definition) is 0. The number of nitrogens with zero attached hydrogens (tertiary/aromatic N) is 3. The van der Waals surface area contributed by atoms with Crippen LogP contribution in [0.4, 0.5) is 0 Å². The molecule has 10 rings (SSSR count). The molecule has 4 heterocycles. The summed E-state index contributed by atoms with van der Waals surface area (Å²) in [5, 5.41) is 8.67. The topological polar surface area (TPSA) is 51.8 Å². The van der Waals surface area contributed by atoms with E-state index >= 15 is 0 Å². The number of thiophene rings is 1. The van der Waals surface area contributed by atoms with E-state index in [2.05, 4.69) is 109 Å². The van der Waals surface area contributed by atoms with Crippen LogP contribution in [0, 0.1) is 0 Å². The van der Waals surface area contributed by atoms with Gasteiger partial charge in [0.1, 0.15) is 16.9 Å². The molecule has 0 atom stereocenters. The number of aromatic nitrogens is 3. The second kappa shape index (κ2) is 8.93. The molecule has 0 bridgehead atoms. The third kappa shape index (κ3) is 3.24. The van der Waals surface area contributed by atoms with E-state index in [0.717, 1.165) is 86.9 Å². The molecule has 0 aliphatic carbocycles. The van der Waals surface area contributed by atoms with E-state index < -0.39 is 0 Å². The summed E-state index contributed by atoms with van der Waals surface area (Å²) >= 11 is 1.74. The zero-order valence-electron chi connectivity index (χ0n) is 23.3. The van der Waals surface area contributed by atoms with Gasteiger partial charge in [0.05, 0.1) is 26.8 Å². The Morgan fingerprint density at radius 2 is 1.09 bits per heavy atom. The predicted molar refractivity (Wildman–Crippen MR) is 183 cm³/mol. The Hall–Kier alpha value is -5.65. The molecule has 0 radical (unpaired) electrons. The summed E-state index contributed by atoms with van der Waals surface area (Å²) in [7, 11) is 0. The lowest BCUT2D eigenvalue weighted by molar-refractivity contribution is 0.673. The van der Waals surface area contributed by atoms with Gasteiger partial charge in [-0.3, -0.25) is 0 Å². The van der Waals surface area contributed by atoms with Crippen LogP contribution in [-0.4, -0.2) is 15.0 Å². The SMILES string of the molecule is c1ccc(-c2nc(-c3nc4c(c5ccccc35)c3ccccc3c3oc5ccccc5c43)nc3c2sc2ccccc23)cc1. The molecule has 5 heteroatoms. The minimum atomic E-state index is 0.618. The fourth-order valence-corrected chi connectivity index (χ4v) is 7.90. The number of furan rings is 1. The van der Waals surface area contributed by atoms with Crippen LogP contribution >= 0.6 is 11.3 Å². The first kappa shape index (κ1) is 23.9. The van der Waals surface area contributed by atoms with Gasteiger partial charge < -0.3 is 4.42 Å². The molecule has 4 nitrogen and oxygen atoms in total. The van der Waals surface area contributed by atoms with Crippen molar-refractivity contribution in [2.24, 2.45) is 0 Å². The van der Waals surface area contributed by atoms with E-state index in [-0.39, 0.29) is 0 Å². The summed E-state index contributed by atoms with van der Waals surface area (Å²) < 4.78 is 8.81. The molecule has 204 valence electrons. The molecule has 0 spiro atoms. The summed E-state index contributed by atoms with van der Waals surface area (Å²) in [6.45, 7) is 0. The Balaban J connectivity index is 1.42. The summed E-state index contributed by atoms with van der Waals surface area (Å²) in [4.78, 5) is 16.1. The molecule has 4 aromatic heterocycles. The molecule has 6 aromatic carbocycles. The molecule has 10 aromatic rings. The summed E-state index contributed by atoms with van der Waals surface area (Å²) in [6, 6.07) is 44.1. The Kier molecular flexibility index (Phi) is 4.84. The highest BCUT2D eigenvalue weighted by Crippen LogP contribution is 2.45. The van der Waals surface area contributed by atoms with Gasteiger partial charge in [-0.25, -0.2) is 15.0 Å². The number of fused-ring (bicyclic) bond motifs is 13. The van der Waals surface area contributed by atoms with Crippen LogP contribution in [0.15, 0.2) is 132 Å². The highest BCUT2D eigenvalue weighted by molar-refractivity contribution is 7.26. The lowest BCUT2D eigenvalue weighted by atomic mass is 9.95. The maximum atomic E-state index is 6.53. The van der Waals surface area contributed by atoms with Crippen LogP contribution in [0.1, 0.15) is 0 Å². The molecular formula is C39H21N3OS. The van der Waals surface area contributed by atoms with E-state index in [1.807, 2.05) is 18.2 Å². The second-order valence-electron chi connectivity index (χ2n) is 11.1. The molecular weight excluding hydrogens is 559 g/mol. The molecule has 0 fully saturated rings. The van der Waals surface area contributed by atoms with Crippen molar-refractivity contribution in [3.05, 3.63) is 127 Å². The van der Waals surface area contributed by atoms with E-state index in [9.17, 15) is 0 Å². The quantitative estimate of drug-likeness (QED) is 0.191. The maximum absolute atomic E-state index is 6.53. The van der Waals surface area contributed by atoms with Gasteiger partial charge in [0.15, 0.2) is 5.82 Å². The zero-order valence-corrected chi connectivity index (χ0v) is 24.1. The number of rotatable bonds is 2. The molecule has 0 saturated heterocycles. The third-order valence-corrected chi connectivity index (χ3v) is 9.83. The Labute approximate surface area is 254 Å². The fourth-order valence-electron chi connectivity index (χ4n) is 6.74. The van der Waals surface area contributed by atoms with Gasteiger partial charge in [0.25, 0.3) is 0 Å². The molecule has 0 aliphatic rings. The van der Waals surface area contributed by atoms with E-state index in [0.29, 0.717) is 5.82 Å². The minimum absolute atomic E-state index is 0.618. The molecule has 0 amide bonds. The van der Waals surface area contributed by atoms with Crippen molar-refractivity contribution in [1.82, 2.24) is 15.0 Å². The van der Waals surface area contributed by atoms with Gasteiger partial charge in [-0.2, -0.15) is 0 Å². The highest BCUT2D eigenvalue weighted by Gasteiger charge is 2.23. The van der Waals surface area contributed by atoms with Gasteiger partial charge in [0, 0.05) is 37.2 Å².